The summed E-state index contributed by atoms with van der Waals surface area (Å²) in [6.07, 6.45) is 11.1. The van der Waals surface area contributed by atoms with Crippen molar-refractivity contribution < 1.29 is 13.2 Å². The van der Waals surface area contributed by atoms with E-state index in [0.717, 1.165) is 12.7 Å². The molecule has 0 fully saturated rings. The Morgan fingerprint density at radius 2 is 2.00 bits per heavy atom. The summed E-state index contributed by atoms with van der Waals surface area (Å²) in [6.45, 7) is 4.12. The molecule has 0 aromatic carbocycles. The van der Waals surface area contributed by atoms with E-state index in [1.165, 1.54) is 23.3 Å². The molecule has 1 aliphatic rings. The van der Waals surface area contributed by atoms with Gasteiger partial charge < -0.3 is 0 Å². The van der Waals surface area contributed by atoms with Gasteiger partial charge in [-0.2, -0.15) is 0 Å². The Labute approximate surface area is 115 Å². The molecule has 0 aliphatic heterocycles. The van der Waals surface area contributed by atoms with Gasteiger partial charge in [0.2, 0.25) is 0 Å². The fourth-order valence-electron chi connectivity index (χ4n) is 1.70. The van der Waals surface area contributed by atoms with Crippen LogP contribution in [0, 0.1) is 0 Å². The van der Waals surface area contributed by atoms with E-state index in [1.807, 2.05) is 18.2 Å². The van der Waals surface area contributed by atoms with Gasteiger partial charge in [-0.1, -0.05) is 35.5 Å². The molecule has 0 N–H and O–H groups in total. The highest BCUT2D eigenvalue weighted by atomic mass is 32.2. The van der Waals surface area contributed by atoms with E-state index in [1.54, 1.807) is 0 Å². The number of ketones is 1. The maximum Gasteiger partial charge on any atom is 0.181 e. The first-order chi connectivity index (χ1) is 8.79. The third-order valence-corrected chi connectivity index (χ3v) is 3.87. The molecule has 0 atom stereocenters. The van der Waals surface area contributed by atoms with Gasteiger partial charge in [0.25, 0.3) is 0 Å². The van der Waals surface area contributed by atoms with Gasteiger partial charge in [0, 0.05) is 6.26 Å². The lowest BCUT2D eigenvalue weighted by Crippen LogP contribution is -2.03. The maximum absolute atomic E-state index is 11.9. The summed E-state index contributed by atoms with van der Waals surface area (Å²) < 4.78 is 21.9. The molecule has 0 spiro atoms. The Bertz CT molecular complexity index is 573. The number of hydrogen-bond donors (Lipinski definition) is 0. The highest BCUT2D eigenvalue weighted by Gasteiger charge is 2.08. The molecule has 0 radical (unpaired) electrons. The van der Waals surface area contributed by atoms with Crippen LogP contribution < -0.4 is 0 Å². The second-order valence-electron chi connectivity index (χ2n) is 4.87. The van der Waals surface area contributed by atoms with E-state index in [2.05, 4.69) is 13.8 Å². The topological polar surface area (TPSA) is 51.2 Å². The van der Waals surface area contributed by atoms with Crippen LogP contribution >= 0.6 is 0 Å². The van der Waals surface area contributed by atoms with Gasteiger partial charge in [0.1, 0.15) is 0 Å². The minimum absolute atomic E-state index is 0.0973. The molecule has 0 amide bonds. The Hall–Kier alpha value is -1.42. The number of allylic oxidation sites excluding steroid dienone is 7. The number of carbonyl (C=O) groups is 1. The second kappa shape index (κ2) is 6.66. The summed E-state index contributed by atoms with van der Waals surface area (Å²) in [4.78, 5) is 11.9. The zero-order valence-electron chi connectivity index (χ0n) is 11.6. The number of sulfone groups is 1. The SMILES string of the molecule is CC1=C(C)CCC(C(=O)C=CCS(C)(=O)=O)=CC=C1. The van der Waals surface area contributed by atoms with E-state index in [0.29, 0.717) is 12.0 Å². The predicted octanol–water partition coefficient (Wildman–Crippen LogP) is 2.77. The smallest absolute Gasteiger partial charge is 0.181 e. The van der Waals surface area contributed by atoms with E-state index >= 15 is 0 Å². The van der Waals surface area contributed by atoms with Crippen LogP contribution in [0.3, 0.4) is 0 Å². The molecule has 104 valence electrons. The standard InChI is InChI=1S/C15H20O3S/c1-12-6-4-7-14(10-9-13(12)2)15(16)8-5-11-19(3,17)18/h4-8H,9-11H2,1-3H3. The minimum atomic E-state index is -3.06. The number of rotatable bonds is 4. The van der Waals surface area contributed by atoms with Crippen LogP contribution in [0.5, 0.6) is 0 Å². The highest BCUT2D eigenvalue weighted by Crippen LogP contribution is 2.19. The molecule has 1 aliphatic carbocycles. The number of hydrogen-bond acceptors (Lipinski definition) is 3. The van der Waals surface area contributed by atoms with E-state index in [4.69, 9.17) is 0 Å². The molecule has 0 heterocycles. The van der Waals surface area contributed by atoms with Crippen LogP contribution in [-0.2, 0) is 14.6 Å². The van der Waals surface area contributed by atoms with Crippen LogP contribution in [0.4, 0.5) is 0 Å². The van der Waals surface area contributed by atoms with Gasteiger partial charge >= 0.3 is 0 Å². The van der Waals surface area contributed by atoms with Gasteiger partial charge in [-0.15, -0.1) is 0 Å². The molecular weight excluding hydrogens is 260 g/mol. The Balaban J connectivity index is 2.74. The summed E-state index contributed by atoms with van der Waals surface area (Å²) in [5.41, 5.74) is 3.22. The average molecular weight is 280 g/mol. The van der Waals surface area contributed by atoms with Crippen LogP contribution in [0.25, 0.3) is 0 Å². The molecule has 0 bridgehead atoms. The Morgan fingerprint density at radius 3 is 2.63 bits per heavy atom. The lowest BCUT2D eigenvalue weighted by Gasteiger charge is -2.08. The molecular formula is C15H20O3S. The van der Waals surface area contributed by atoms with Gasteiger partial charge in [-0.25, -0.2) is 8.42 Å². The molecule has 4 heteroatoms. The third kappa shape index (κ3) is 5.83. The first-order valence-corrected chi connectivity index (χ1v) is 8.28. The van der Waals surface area contributed by atoms with Crippen LogP contribution in [0.1, 0.15) is 26.7 Å². The van der Waals surface area contributed by atoms with Crippen molar-refractivity contribution >= 4 is 15.6 Å². The van der Waals surface area contributed by atoms with E-state index < -0.39 is 9.84 Å². The molecule has 0 saturated carbocycles. The number of carbonyl (C=O) groups excluding carboxylic acids is 1. The highest BCUT2D eigenvalue weighted by molar-refractivity contribution is 7.90. The van der Waals surface area contributed by atoms with Gasteiger partial charge in [0.05, 0.1) is 5.75 Å². The monoisotopic (exact) mass is 280 g/mol. The quantitative estimate of drug-likeness (QED) is 0.744. The molecule has 1 rings (SSSR count). The van der Waals surface area contributed by atoms with Crippen molar-refractivity contribution in [2.45, 2.75) is 26.7 Å². The van der Waals surface area contributed by atoms with Crippen molar-refractivity contribution in [1.82, 2.24) is 0 Å². The van der Waals surface area contributed by atoms with Crippen LogP contribution in [0.15, 0.2) is 47.1 Å². The summed E-state index contributed by atoms with van der Waals surface area (Å²) in [5, 5.41) is 0. The zero-order valence-corrected chi connectivity index (χ0v) is 12.5. The summed E-state index contributed by atoms with van der Waals surface area (Å²) in [7, 11) is -3.06. The summed E-state index contributed by atoms with van der Waals surface area (Å²) >= 11 is 0. The predicted molar refractivity (Wildman–Crippen MR) is 78.7 cm³/mol. The third-order valence-electron chi connectivity index (χ3n) is 3.07. The van der Waals surface area contributed by atoms with Crippen LogP contribution in [-0.4, -0.2) is 26.2 Å². The van der Waals surface area contributed by atoms with Gasteiger partial charge in [-0.3, -0.25) is 4.79 Å². The Morgan fingerprint density at radius 1 is 1.32 bits per heavy atom. The average Bonchev–Trinajstić information content (AvgIpc) is 2.28. The normalized spacial score (nSPS) is 17.3. The lowest BCUT2D eigenvalue weighted by molar-refractivity contribution is -0.111. The molecule has 3 nitrogen and oxygen atoms in total. The molecule has 0 unspecified atom stereocenters. The van der Waals surface area contributed by atoms with E-state index in [9.17, 15) is 13.2 Å². The Kier molecular flexibility index (Phi) is 5.48. The first kappa shape index (κ1) is 15.6. The van der Waals surface area contributed by atoms with Crippen molar-refractivity contribution in [3.8, 4) is 0 Å². The molecule has 19 heavy (non-hydrogen) atoms. The van der Waals surface area contributed by atoms with Gasteiger partial charge in [0.15, 0.2) is 15.6 Å². The zero-order chi connectivity index (χ0) is 14.5. The molecule has 0 saturated heterocycles. The summed E-state index contributed by atoms with van der Waals surface area (Å²) in [6, 6.07) is 0. The molecule has 0 aromatic heterocycles. The molecule has 0 aromatic rings. The largest absolute Gasteiger partial charge is 0.290 e. The van der Waals surface area contributed by atoms with Gasteiger partial charge in [-0.05, 0) is 38.3 Å². The minimum Gasteiger partial charge on any atom is -0.290 e. The van der Waals surface area contributed by atoms with Crippen molar-refractivity contribution in [2.24, 2.45) is 0 Å². The lowest BCUT2D eigenvalue weighted by atomic mass is 9.96. The first-order valence-electron chi connectivity index (χ1n) is 6.22. The summed E-state index contributed by atoms with van der Waals surface area (Å²) in [5.74, 6) is -0.208. The van der Waals surface area contributed by atoms with E-state index in [-0.39, 0.29) is 11.5 Å². The fourth-order valence-corrected chi connectivity index (χ4v) is 2.14. The van der Waals surface area contributed by atoms with Crippen molar-refractivity contribution in [1.29, 1.82) is 0 Å². The maximum atomic E-state index is 11.9. The van der Waals surface area contributed by atoms with Crippen molar-refractivity contribution in [3.05, 3.63) is 47.1 Å². The fraction of sp³-hybridized carbons (Fsp3) is 0.400. The van der Waals surface area contributed by atoms with Crippen LogP contribution in [0.2, 0.25) is 0 Å². The van der Waals surface area contributed by atoms with Crippen molar-refractivity contribution in [3.63, 3.8) is 0 Å². The second-order valence-corrected chi connectivity index (χ2v) is 7.06. The van der Waals surface area contributed by atoms with Crippen molar-refractivity contribution in [2.75, 3.05) is 12.0 Å².